The maximum absolute atomic E-state index is 13.0. The Labute approximate surface area is 91.1 Å². The third kappa shape index (κ3) is 1.64. The molecule has 0 aliphatic carbocycles. The number of halogens is 1. The molecule has 2 aromatic rings. The largest absolute Gasteiger partial charge is 0.308 e. The summed E-state index contributed by atoms with van der Waals surface area (Å²) in [5, 5.41) is 4.49. The fourth-order valence-electron chi connectivity index (χ4n) is 1.96. The van der Waals surface area contributed by atoms with Gasteiger partial charge in [-0.1, -0.05) is 0 Å². The monoisotopic (exact) mass is 222 g/mol. The Bertz CT molecular complexity index is 488. The first-order valence-electron chi connectivity index (χ1n) is 5.12. The number of rotatable bonds is 1. The topological polar surface area (TPSA) is 24.9 Å². The maximum Gasteiger partial charge on any atom is 0.124 e. The molecule has 1 atom stereocenters. The third-order valence-corrected chi connectivity index (χ3v) is 3.86. The van der Waals surface area contributed by atoms with E-state index in [0.717, 1.165) is 28.2 Å². The molecule has 3 rings (SSSR count). The number of hydrogen-bond donors (Lipinski definition) is 1. The first kappa shape index (κ1) is 9.24. The predicted molar refractivity (Wildman–Crippen MR) is 59.6 cm³/mol. The molecule has 2 heterocycles. The van der Waals surface area contributed by atoms with Gasteiger partial charge in [-0.25, -0.2) is 9.37 Å². The van der Waals surface area contributed by atoms with Crippen LogP contribution in [0.2, 0.25) is 0 Å². The molecule has 0 bridgehead atoms. The fraction of sp³-hybridized carbons (Fsp3) is 0.364. The van der Waals surface area contributed by atoms with E-state index in [4.69, 9.17) is 0 Å². The van der Waals surface area contributed by atoms with Crippen LogP contribution in [0, 0.1) is 5.82 Å². The SMILES string of the molecule is Fc1ccc2nc([C@@H]3CCCN3)sc2c1. The Morgan fingerprint density at radius 1 is 1.47 bits per heavy atom. The highest BCUT2D eigenvalue weighted by molar-refractivity contribution is 7.18. The van der Waals surface area contributed by atoms with E-state index in [9.17, 15) is 4.39 Å². The van der Waals surface area contributed by atoms with Gasteiger partial charge in [0.05, 0.1) is 16.3 Å². The summed E-state index contributed by atoms with van der Waals surface area (Å²) in [4.78, 5) is 4.53. The van der Waals surface area contributed by atoms with Crippen LogP contribution < -0.4 is 5.32 Å². The van der Waals surface area contributed by atoms with Gasteiger partial charge in [0.1, 0.15) is 10.8 Å². The average molecular weight is 222 g/mol. The predicted octanol–water partition coefficient (Wildman–Crippen LogP) is 2.86. The lowest BCUT2D eigenvalue weighted by Gasteiger charge is -2.03. The van der Waals surface area contributed by atoms with Gasteiger partial charge >= 0.3 is 0 Å². The number of nitrogens with one attached hydrogen (secondary N) is 1. The van der Waals surface area contributed by atoms with Crippen LogP contribution in [-0.4, -0.2) is 11.5 Å². The summed E-state index contributed by atoms with van der Waals surface area (Å²) in [7, 11) is 0. The first-order valence-corrected chi connectivity index (χ1v) is 5.94. The van der Waals surface area contributed by atoms with E-state index < -0.39 is 0 Å². The van der Waals surface area contributed by atoms with Crippen molar-refractivity contribution < 1.29 is 4.39 Å². The highest BCUT2D eigenvalue weighted by Gasteiger charge is 2.19. The van der Waals surface area contributed by atoms with Gasteiger partial charge in [0.2, 0.25) is 0 Å². The van der Waals surface area contributed by atoms with Crippen molar-refractivity contribution in [2.24, 2.45) is 0 Å². The number of thiazole rings is 1. The molecule has 0 spiro atoms. The molecule has 0 radical (unpaired) electrons. The molecule has 0 unspecified atom stereocenters. The van der Waals surface area contributed by atoms with Gasteiger partial charge in [0.25, 0.3) is 0 Å². The van der Waals surface area contributed by atoms with Crippen LogP contribution in [0.4, 0.5) is 4.39 Å². The van der Waals surface area contributed by atoms with Crippen molar-refractivity contribution in [3.8, 4) is 0 Å². The Morgan fingerprint density at radius 2 is 2.40 bits per heavy atom. The molecular formula is C11H11FN2S. The summed E-state index contributed by atoms with van der Waals surface area (Å²) in [6, 6.07) is 5.16. The van der Waals surface area contributed by atoms with Gasteiger partial charge in [-0.05, 0) is 37.6 Å². The van der Waals surface area contributed by atoms with Gasteiger partial charge in [-0.3, -0.25) is 0 Å². The highest BCUT2D eigenvalue weighted by Crippen LogP contribution is 2.30. The molecule has 1 aromatic carbocycles. The standard InChI is InChI=1S/C11H11FN2S/c12-7-3-4-8-10(6-7)15-11(14-8)9-2-1-5-13-9/h3-4,6,9,13H,1-2,5H2/t9-/m0/s1. The molecule has 1 aliphatic rings. The van der Waals surface area contributed by atoms with E-state index >= 15 is 0 Å². The number of benzene rings is 1. The van der Waals surface area contributed by atoms with Crippen molar-refractivity contribution in [1.29, 1.82) is 0 Å². The molecule has 78 valence electrons. The zero-order chi connectivity index (χ0) is 10.3. The summed E-state index contributed by atoms with van der Waals surface area (Å²) in [5.74, 6) is -0.183. The molecule has 4 heteroatoms. The van der Waals surface area contributed by atoms with Gasteiger partial charge in [-0.2, -0.15) is 0 Å². The number of nitrogens with zero attached hydrogens (tertiary/aromatic N) is 1. The average Bonchev–Trinajstić information content (AvgIpc) is 2.84. The van der Waals surface area contributed by atoms with Crippen molar-refractivity contribution in [3.05, 3.63) is 29.0 Å². The summed E-state index contributed by atoms with van der Waals surface area (Å²) >= 11 is 1.60. The molecule has 1 saturated heterocycles. The van der Waals surface area contributed by atoms with E-state index in [1.807, 2.05) is 0 Å². The third-order valence-electron chi connectivity index (χ3n) is 2.73. The van der Waals surface area contributed by atoms with Gasteiger partial charge in [0, 0.05) is 0 Å². The minimum Gasteiger partial charge on any atom is -0.308 e. The van der Waals surface area contributed by atoms with Crippen molar-refractivity contribution in [2.75, 3.05) is 6.54 Å². The summed E-state index contributed by atoms with van der Waals surface area (Å²) in [6.45, 7) is 1.06. The second kappa shape index (κ2) is 3.54. The van der Waals surface area contributed by atoms with Crippen LogP contribution in [0.1, 0.15) is 23.9 Å². The number of fused-ring (bicyclic) bond motifs is 1. The van der Waals surface area contributed by atoms with Crippen LogP contribution in [-0.2, 0) is 0 Å². The van der Waals surface area contributed by atoms with E-state index in [1.165, 1.54) is 12.5 Å². The Morgan fingerprint density at radius 3 is 3.20 bits per heavy atom. The van der Waals surface area contributed by atoms with Crippen molar-refractivity contribution in [2.45, 2.75) is 18.9 Å². The molecular weight excluding hydrogens is 211 g/mol. The van der Waals surface area contributed by atoms with Crippen molar-refractivity contribution in [1.82, 2.24) is 10.3 Å². The minimum absolute atomic E-state index is 0.183. The Balaban J connectivity index is 2.05. The number of hydrogen-bond acceptors (Lipinski definition) is 3. The summed E-state index contributed by atoms with van der Waals surface area (Å²) in [6.07, 6.45) is 2.34. The van der Waals surface area contributed by atoms with Gasteiger partial charge < -0.3 is 5.32 Å². The smallest absolute Gasteiger partial charge is 0.124 e. The zero-order valence-corrected chi connectivity index (χ0v) is 8.98. The van der Waals surface area contributed by atoms with Crippen LogP contribution in [0.5, 0.6) is 0 Å². The normalized spacial score (nSPS) is 21.3. The lowest BCUT2D eigenvalue weighted by Crippen LogP contribution is -2.12. The van der Waals surface area contributed by atoms with Crippen molar-refractivity contribution >= 4 is 21.6 Å². The van der Waals surface area contributed by atoms with E-state index in [-0.39, 0.29) is 5.82 Å². The molecule has 0 saturated carbocycles. The van der Waals surface area contributed by atoms with Crippen molar-refractivity contribution in [3.63, 3.8) is 0 Å². The van der Waals surface area contributed by atoms with Crippen LogP contribution in [0.3, 0.4) is 0 Å². The molecule has 0 amide bonds. The Hall–Kier alpha value is -1.00. The molecule has 2 nitrogen and oxygen atoms in total. The van der Waals surface area contributed by atoms with Crippen LogP contribution >= 0.6 is 11.3 Å². The Kier molecular flexibility index (Phi) is 2.18. The summed E-state index contributed by atoms with van der Waals surface area (Å²) in [5.41, 5.74) is 0.908. The van der Waals surface area contributed by atoms with Gasteiger partial charge in [0.15, 0.2) is 0 Å². The van der Waals surface area contributed by atoms with Crippen LogP contribution in [0.15, 0.2) is 18.2 Å². The lowest BCUT2D eigenvalue weighted by atomic mass is 10.2. The highest BCUT2D eigenvalue weighted by atomic mass is 32.1. The van der Waals surface area contributed by atoms with Crippen LogP contribution in [0.25, 0.3) is 10.2 Å². The quantitative estimate of drug-likeness (QED) is 0.802. The fourth-order valence-corrected chi connectivity index (χ4v) is 3.06. The second-order valence-electron chi connectivity index (χ2n) is 3.81. The van der Waals surface area contributed by atoms with E-state index in [1.54, 1.807) is 23.5 Å². The minimum atomic E-state index is -0.183. The molecule has 1 aliphatic heterocycles. The second-order valence-corrected chi connectivity index (χ2v) is 4.88. The lowest BCUT2D eigenvalue weighted by molar-refractivity contribution is 0.630. The summed E-state index contributed by atoms with van der Waals surface area (Å²) < 4.78 is 13.9. The van der Waals surface area contributed by atoms with E-state index in [0.29, 0.717) is 6.04 Å². The molecule has 1 fully saturated rings. The number of aromatic nitrogens is 1. The molecule has 1 N–H and O–H groups in total. The zero-order valence-electron chi connectivity index (χ0n) is 8.16. The molecule has 15 heavy (non-hydrogen) atoms. The molecule has 1 aromatic heterocycles. The maximum atomic E-state index is 13.0. The van der Waals surface area contributed by atoms with E-state index in [2.05, 4.69) is 10.3 Å². The first-order chi connectivity index (χ1) is 7.33. The van der Waals surface area contributed by atoms with Gasteiger partial charge in [-0.15, -0.1) is 11.3 Å².